The van der Waals surface area contributed by atoms with Gasteiger partial charge in [0.1, 0.15) is 0 Å². The summed E-state index contributed by atoms with van der Waals surface area (Å²) in [6.45, 7) is 0.576. The Labute approximate surface area is 191 Å². The van der Waals surface area contributed by atoms with E-state index in [-0.39, 0.29) is 17.0 Å². The smallest absolute Gasteiger partial charge is 0.338 e. The number of sulfonamides is 1. The lowest BCUT2D eigenvalue weighted by molar-refractivity contribution is -0.124. The Hall–Kier alpha value is -2.13. The zero-order valence-corrected chi connectivity index (χ0v) is 19.0. The average Bonchev–Trinajstić information content (AvgIpc) is 2.77. The van der Waals surface area contributed by atoms with Crippen LogP contribution in [0.15, 0.2) is 47.4 Å². The van der Waals surface area contributed by atoms with Crippen molar-refractivity contribution in [1.29, 1.82) is 0 Å². The lowest BCUT2D eigenvalue weighted by atomic mass is 10.2. The first-order valence-corrected chi connectivity index (χ1v) is 11.9. The summed E-state index contributed by atoms with van der Waals surface area (Å²) in [6, 6.07) is 10.6. The lowest BCUT2D eigenvalue weighted by Gasteiger charge is -2.25. The second-order valence-corrected chi connectivity index (χ2v) is 9.86. The molecule has 2 aromatic rings. The van der Waals surface area contributed by atoms with E-state index >= 15 is 0 Å². The summed E-state index contributed by atoms with van der Waals surface area (Å²) >= 11 is 11.9. The van der Waals surface area contributed by atoms with Crippen LogP contribution in [0.25, 0.3) is 0 Å². The van der Waals surface area contributed by atoms with E-state index in [0.29, 0.717) is 28.7 Å². The Kier molecular flexibility index (Phi) is 7.94. The fourth-order valence-corrected chi connectivity index (χ4v) is 5.20. The molecule has 0 unspecified atom stereocenters. The molecule has 166 valence electrons. The van der Waals surface area contributed by atoms with Crippen molar-refractivity contribution in [3.8, 4) is 0 Å². The summed E-state index contributed by atoms with van der Waals surface area (Å²) in [5, 5.41) is 3.50. The molecule has 0 saturated carbocycles. The Morgan fingerprint density at radius 2 is 1.77 bits per heavy atom. The van der Waals surface area contributed by atoms with Gasteiger partial charge in [-0.05, 0) is 48.7 Å². The van der Waals surface area contributed by atoms with Crippen LogP contribution in [0.5, 0.6) is 0 Å². The fourth-order valence-electron chi connectivity index (χ4n) is 3.16. The Balaban J connectivity index is 1.56. The highest BCUT2D eigenvalue weighted by Crippen LogP contribution is 2.22. The van der Waals surface area contributed by atoms with Gasteiger partial charge in [-0.15, -0.1) is 0 Å². The maximum absolute atomic E-state index is 12.8. The third kappa shape index (κ3) is 6.20. The number of halogens is 2. The van der Waals surface area contributed by atoms with Crippen molar-refractivity contribution in [2.45, 2.75) is 30.7 Å². The van der Waals surface area contributed by atoms with Crippen molar-refractivity contribution in [3.05, 3.63) is 63.6 Å². The number of nitrogens with one attached hydrogen (secondary N) is 1. The molecule has 1 aliphatic rings. The number of piperidine rings is 1. The Bertz CT molecular complexity index is 1070. The summed E-state index contributed by atoms with van der Waals surface area (Å²) in [5.41, 5.74) is 0.730. The van der Waals surface area contributed by atoms with Gasteiger partial charge in [0.05, 0.1) is 10.5 Å². The minimum atomic E-state index is -3.67. The highest BCUT2D eigenvalue weighted by atomic mass is 35.5. The Morgan fingerprint density at radius 3 is 2.48 bits per heavy atom. The minimum Gasteiger partial charge on any atom is -0.452 e. The molecule has 1 amide bonds. The molecular weight excluding hydrogens is 463 g/mol. The molecule has 0 aliphatic carbocycles. The van der Waals surface area contributed by atoms with Gasteiger partial charge in [-0.3, -0.25) is 4.79 Å². The molecule has 1 heterocycles. The predicted molar refractivity (Wildman–Crippen MR) is 118 cm³/mol. The largest absolute Gasteiger partial charge is 0.452 e. The summed E-state index contributed by atoms with van der Waals surface area (Å²) in [4.78, 5) is 24.4. The summed E-state index contributed by atoms with van der Waals surface area (Å²) in [7, 11) is -3.67. The molecule has 31 heavy (non-hydrogen) atoms. The topological polar surface area (TPSA) is 92.8 Å². The van der Waals surface area contributed by atoms with Crippen LogP contribution in [0.4, 0.5) is 0 Å². The van der Waals surface area contributed by atoms with Crippen LogP contribution in [0, 0.1) is 0 Å². The van der Waals surface area contributed by atoms with Gasteiger partial charge in [0, 0.05) is 29.7 Å². The number of rotatable bonds is 7. The van der Waals surface area contributed by atoms with Crippen molar-refractivity contribution in [2.24, 2.45) is 0 Å². The first kappa shape index (κ1) is 23.5. The van der Waals surface area contributed by atoms with Gasteiger partial charge in [-0.25, -0.2) is 13.2 Å². The molecule has 1 N–H and O–H groups in total. The number of hydrogen-bond acceptors (Lipinski definition) is 5. The number of nitrogens with zero attached hydrogens (tertiary/aromatic N) is 1. The minimum absolute atomic E-state index is 0.0330. The Morgan fingerprint density at radius 1 is 1.03 bits per heavy atom. The molecule has 1 saturated heterocycles. The van der Waals surface area contributed by atoms with E-state index in [4.69, 9.17) is 27.9 Å². The first-order chi connectivity index (χ1) is 14.8. The molecular formula is C21H22Cl2N2O5S. The van der Waals surface area contributed by atoms with E-state index in [1.165, 1.54) is 28.6 Å². The highest BCUT2D eigenvalue weighted by molar-refractivity contribution is 7.89. The molecule has 2 aromatic carbocycles. The van der Waals surface area contributed by atoms with E-state index < -0.39 is 28.5 Å². The number of carbonyl (C=O) groups is 2. The van der Waals surface area contributed by atoms with Crippen LogP contribution in [0.2, 0.25) is 10.0 Å². The maximum Gasteiger partial charge on any atom is 0.338 e. The van der Waals surface area contributed by atoms with Crippen molar-refractivity contribution < 1.29 is 22.7 Å². The normalized spacial score (nSPS) is 14.8. The second kappa shape index (κ2) is 10.5. The van der Waals surface area contributed by atoms with Crippen LogP contribution in [0.3, 0.4) is 0 Å². The molecule has 10 heteroatoms. The average molecular weight is 485 g/mol. The SMILES string of the molecule is O=C(COC(=O)c1cccc(S(=O)(=O)N2CCCCC2)c1)NCc1ccc(Cl)cc1Cl. The number of carbonyl (C=O) groups excluding carboxylic acids is 2. The zero-order chi connectivity index (χ0) is 22.4. The van der Waals surface area contributed by atoms with Gasteiger partial charge >= 0.3 is 5.97 Å². The third-order valence-corrected chi connectivity index (χ3v) is 7.33. The van der Waals surface area contributed by atoms with Gasteiger partial charge in [0.25, 0.3) is 5.91 Å². The summed E-state index contributed by atoms with van der Waals surface area (Å²) in [6.07, 6.45) is 2.64. The molecule has 0 aromatic heterocycles. The molecule has 0 atom stereocenters. The van der Waals surface area contributed by atoms with E-state index in [0.717, 1.165) is 19.3 Å². The van der Waals surface area contributed by atoms with Crippen LogP contribution in [-0.2, 0) is 26.1 Å². The zero-order valence-electron chi connectivity index (χ0n) is 16.6. The predicted octanol–water partition coefficient (Wildman–Crippen LogP) is 3.64. The van der Waals surface area contributed by atoms with Gasteiger partial charge in [0.2, 0.25) is 10.0 Å². The summed E-state index contributed by atoms with van der Waals surface area (Å²) < 4.78 is 32.0. The molecule has 0 radical (unpaired) electrons. The number of ether oxygens (including phenoxy) is 1. The number of hydrogen-bond donors (Lipinski definition) is 1. The van der Waals surface area contributed by atoms with Gasteiger partial charge in [-0.1, -0.05) is 41.8 Å². The van der Waals surface area contributed by atoms with Gasteiger partial charge < -0.3 is 10.1 Å². The number of benzene rings is 2. The molecule has 0 bridgehead atoms. The monoisotopic (exact) mass is 484 g/mol. The summed E-state index contributed by atoms with van der Waals surface area (Å²) in [5.74, 6) is -1.30. The number of esters is 1. The highest BCUT2D eigenvalue weighted by Gasteiger charge is 2.26. The second-order valence-electron chi connectivity index (χ2n) is 7.08. The third-order valence-electron chi connectivity index (χ3n) is 4.85. The molecule has 3 rings (SSSR count). The van der Waals surface area contributed by atoms with Crippen LogP contribution < -0.4 is 5.32 Å². The molecule has 1 aliphatic heterocycles. The van der Waals surface area contributed by atoms with Crippen molar-refractivity contribution >= 4 is 45.1 Å². The van der Waals surface area contributed by atoms with E-state index in [1.54, 1.807) is 18.2 Å². The van der Waals surface area contributed by atoms with E-state index in [2.05, 4.69) is 5.32 Å². The quantitative estimate of drug-likeness (QED) is 0.605. The van der Waals surface area contributed by atoms with Crippen molar-refractivity contribution in [1.82, 2.24) is 9.62 Å². The molecule has 7 nitrogen and oxygen atoms in total. The fraction of sp³-hybridized carbons (Fsp3) is 0.333. The maximum atomic E-state index is 12.8. The first-order valence-electron chi connectivity index (χ1n) is 9.75. The van der Waals surface area contributed by atoms with Crippen LogP contribution in [-0.4, -0.2) is 44.3 Å². The van der Waals surface area contributed by atoms with E-state index in [1.807, 2.05) is 0 Å². The van der Waals surface area contributed by atoms with Crippen molar-refractivity contribution in [2.75, 3.05) is 19.7 Å². The standard InChI is InChI=1S/C21H22Cl2N2O5S/c22-17-8-7-16(19(23)12-17)13-24-20(26)14-30-21(27)15-5-4-6-18(11-15)31(28,29)25-9-2-1-3-10-25/h4-8,11-12H,1-3,9-10,13-14H2,(H,24,26). The van der Waals surface area contributed by atoms with Gasteiger partial charge in [0.15, 0.2) is 6.61 Å². The van der Waals surface area contributed by atoms with Crippen molar-refractivity contribution in [3.63, 3.8) is 0 Å². The lowest BCUT2D eigenvalue weighted by Crippen LogP contribution is -2.35. The van der Waals surface area contributed by atoms with Gasteiger partial charge in [-0.2, -0.15) is 4.31 Å². The van der Waals surface area contributed by atoms with Crippen LogP contribution >= 0.6 is 23.2 Å². The number of amides is 1. The molecule has 0 spiro atoms. The molecule has 1 fully saturated rings. The van der Waals surface area contributed by atoms with E-state index in [9.17, 15) is 18.0 Å². The van der Waals surface area contributed by atoms with Crippen LogP contribution in [0.1, 0.15) is 35.2 Å².